The lowest BCUT2D eigenvalue weighted by molar-refractivity contribution is 0.175. The van der Waals surface area contributed by atoms with Crippen molar-refractivity contribution in [1.29, 1.82) is 0 Å². The Hall–Kier alpha value is -1.65. The molecule has 0 aliphatic rings. The van der Waals surface area contributed by atoms with Gasteiger partial charge in [-0.2, -0.15) is 0 Å². The first-order valence-corrected chi connectivity index (χ1v) is 6.32. The van der Waals surface area contributed by atoms with Crippen LogP contribution in [0.1, 0.15) is 11.1 Å². The number of aromatic nitrogens is 2. The molecule has 0 bridgehead atoms. The highest BCUT2D eigenvalue weighted by Crippen LogP contribution is 2.17. The summed E-state index contributed by atoms with van der Waals surface area (Å²) in [7, 11) is 1.57. The molecule has 0 spiro atoms. The lowest BCUT2D eigenvalue weighted by atomic mass is 10.0. The van der Waals surface area contributed by atoms with E-state index in [9.17, 15) is 5.11 Å². The van der Waals surface area contributed by atoms with Crippen LogP contribution in [-0.4, -0.2) is 28.3 Å². The number of ether oxygens (including phenoxy) is 1. The minimum atomic E-state index is -0.505. The van der Waals surface area contributed by atoms with E-state index in [0.29, 0.717) is 23.7 Å². The first-order valence-electron chi connectivity index (χ1n) is 5.94. The zero-order valence-electron chi connectivity index (χ0n) is 10.6. The third kappa shape index (κ3) is 3.91. The molecule has 0 aliphatic heterocycles. The van der Waals surface area contributed by atoms with Gasteiger partial charge < -0.3 is 9.84 Å². The molecule has 0 amide bonds. The summed E-state index contributed by atoms with van der Waals surface area (Å²) in [5.74, 6) is 0.565. The third-order valence-electron chi connectivity index (χ3n) is 2.79. The molecule has 0 radical (unpaired) electrons. The molecule has 2 aromatic heterocycles. The van der Waals surface area contributed by atoms with Gasteiger partial charge in [0.05, 0.1) is 18.2 Å². The van der Waals surface area contributed by atoms with Crippen LogP contribution in [0.25, 0.3) is 0 Å². The van der Waals surface area contributed by atoms with E-state index in [-0.39, 0.29) is 0 Å². The number of hydrogen-bond acceptors (Lipinski definition) is 4. The van der Waals surface area contributed by atoms with Gasteiger partial charge in [-0.1, -0.05) is 17.7 Å². The monoisotopic (exact) mass is 278 g/mol. The van der Waals surface area contributed by atoms with Gasteiger partial charge in [0.2, 0.25) is 5.88 Å². The van der Waals surface area contributed by atoms with Gasteiger partial charge in [-0.15, -0.1) is 0 Å². The van der Waals surface area contributed by atoms with Gasteiger partial charge in [0, 0.05) is 37.5 Å². The highest BCUT2D eigenvalue weighted by Gasteiger charge is 2.10. The molecule has 0 aliphatic carbocycles. The predicted octanol–water partition coefficient (Wildman–Crippen LogP) is 2.28. The molecule has 2 rings (SSSR count). The number of nitrogens with zero attached hydrogens (tertiary/aromatic N) is 2. The summed E-state index contributed by atoms with van der Waals surface area (Å²) in [6.07, 6.45) is 5.47. The first-order chi connectivity index (χ1) is 9.19. The van der Waals surface area contributed by atoms with Crippen molar-refractivity contribution in [3.05, 3.63) is 52.9 Å². The smallest absolute Gasteiger partial charge is 0.212 e. The van der Waals surface area contributed by atoms with E-state index in [2.05, 4.69) is 9.97 Å². The van der Waals surface area contributed by atoms with Gasteiger partial charge in [-0.05, 0) is 17.2 Å². The van der Waals surface area contributed by atoms with Gasteiger partial charge in [-0.25, -0.2) is 4.98 Å². The van der Waals surface area contributed by atoms with Crippen molar-refractivity contribution in [3.63, 3.8) is 0 Å². The minimum Gasteiger partial charge on any atom is -0.481 e. The summed E-state index contributed by atoms with van der Waals surface area (Å²) in [5.41, 5.74) is 1.85. The Kier molecular flexibility index (Phi) is 4.71. The number of halogens is 1. The van der Waals surface area contributed by atoms with Crippen LogP contribution >= 0.6 is 11.6 Å². The Balaban J connectivity index is 1.97. The van der Waals surface area contributed by atoms with Crippen LogP contribution in [-0.2, 0) is 12.8 Å². The second-order valence-electron chi connectivity index (χ2n) is 4.24. The fourth-order valence-electron chi connectivity index (χ4n) is 1.82. The second-order valence-corrected chi connectivity index (χ2v) is 4.65. The zero-order valence-corrected chi connectivity index (χ0v) is 11.3. The number of aliphatic hydroxyl groups excluding tert-OH is 1. The maximum absolute atomic E-state index is 10.1. The van der Waals surface area contributed by atoms with E-state index in [1.54, 1.807) is 31.8 Å². The highest BCUT2D eigenvalue weighted by atomic mass is 35.5. The van der Waals surface area contributed by atoms with E-state index in [1.807, 2.05) is 12.1 Å². The molecule has 1 atom stereocenters. The average Bonchev–Trinajstić information content (AvgIpc) is 2.42. The van der Waals surface area contributed by atoms with Gasteiger partial charge in [-0.3, -0.25) is 4.98 Å². The molecule has 1 N–H and O–H groups in total. The van der Waals surface area contributed by atoms with Crippen molar-refractivity contribution in [2.45, 2.75) is 18.9 Å². The van der Waals surface area contributed by atoms with Crippen LogP contribution in [0.3, 0.4) is 0 Å². The summed E-state index contributed by atoms with van der Waals surface area (Å²) in [6, 6.07) is 5.49. The van der Waals surface area contributed by atoms with Crippen LogP contribution in [0, 0.1) is 0 Å². The zero-order chi connectivity index (χ0) is 13.7. The number of rotatable bonds is 5. The lowest BCUT2D eigenvalue weighted by Crippen LogP contribution is -2.14. The van der Waals surface area contributed by atoms with E-state index < -0.39 is 6.10 Å². The predicted molar refractivity (Wildman–Crippen MR) is 73.5 cm³/mol. The Bertz CT molecular complexity index is 531. The Morgan fingerprint density at radius 2 is 2.11 bits per heavy atom. The topological polar surface area (TPSA) is 55.2 Å². The molecule has 0 aromatic carbocycles. The first kappa shape index (κ1) is 13.8. The van der Waals surface area contributed by atoms with Gasteiger partial charge >= 0.3 is 0 Å². The molecule has 0 saturated carbocycles. The van der Waals surface area contributed by atoms with Crippen LogP contribution in [0.15, 0.2) is 36.8 Å². The van der Waals surface area contributed by atoms with E-state index in [0.717, 1.165) is 11.1 Å². The van der Waals surface area contributed by atoms with Gasteiger partial charge in [0.1, 0.15) is 0 Å². The van der Waals surface area contributed by atoms with Gasteiger partial charge in [0.15, 0.2) is 0 Å². The fraction of sp³-hybridized carbons (Fsp3) is 0.286. The molecule has 0 saturated heterocycles. The molecule has 4 nitrogen and oxygen atoms in total. The summed E-state index contributed by atoms with van der Waals surface area (Å²) in [6.45, 7) is 0. The van der Waals surface area contributed by atoms with Crippen LogP contribution < -0.4 is 4.74 Å². The standard InChI is InChI=1S/C14H15ClN2O2/c1-19-14-3-2-10(8-17-14)6-12(18)7-11-4-5-16-9-13(11)15/h2-5,8-9,12,18H,6-7H2,1H3. The number of aliphatic hydroxyl groups is 1. The highest BCUT2D eigenvalue weighted by molar-refractivity contribution is 6.31. The number of methoxy groups -OCH3 is 1. The maximum atomic E-state index is 10.1. The van der Waals surface area contributed by atoms with Crippen molar-refractivity contribution < 1.29 is 9.84 Å². The Morgan fingerprint density at radius 3 is 2.74 bits per heavy atom. The summed E-state index contributed by atoms with van der Waals surface area (Å²) in [5, 5.41) is 10.6. The third-order valence-corrected chi connectivity index (χ3v) is 3.13. The molecular weight excluding hydrogens is 264 g/mol. The van der Waals surface area contributed by atoms with E-state index >= 15 is 0 Å². The summed E-state index contributed by atoms with van der Waals surface area (Å²) < 4.78 is 4.99. The number of pyridine rings is 2. The molecule has 1 unspecified atom stereocenters. The molecule has 5 heteroatoms. The summed E-state index contributed by atoms with van der Waals surface area (Å²) in [4.78, 5) is 8.02. The largest absolute Gasteiger partial charge is 0.481 e. The van der Waals surface area contributed by atoms with Crippen molar-refractivity contribution in [3.8, 4) is 5.88 Å². The molecule has 0 fully saturated rings. The maximum Gasteiger partial charge on any atom is 0.212 e. The second kappa shape index (κ2) is 6.50. The van der Waals surface area contributed by atoms with Crippen molar-refractivity contribution in [2.75, 3.05) is 7.11 Å². The van der Waals surface area contributed by atoms with Crippen LogP contribution in [0.2, 0.25) is 5.02 Å². The van der Waals surface area contributed by atoms with Crippen LogP contribution in [0.5, 0.6) is 5.88 Å². The molecule has 19 heavy (non-hydrogen) atoms. The number of hydrogen-bond donors (Lipinski definition) is 1. The Morgan fingerprint density at radius 1 is 1.26 bits per heavy atom. The van der Waals surface area contributed by atoms with Crippen molar-refractivity contribution in [2.24, 2.45) is 0 Å². The average molecular weight is 279 g/mol. The molecular formula is C14H15ClN2O2. The minimum absolute atomic E-state index is 0.493. The van der Waals surface area contributed by atoms with Crippen LogP contribution in [0.4, 0.5) is 0 Å². The molecule has 2 aromatic rings. The fourth-order valence-corrected chi connectivity index (χ4v) is 2.02. The van der Waals surface area contributed by atoms with Gasteiger partial charge in [0.25, 0.3) is 0 Å². The molecule has 2 heterocycles. The van der Waals surface area contributed by atoms with Crippen molar-refractivity contribution in [1.82, 2.24) is 9.97 Å². The normalized spacial score (nSPS) is 12.2. The van der Waals surface area contributed by atoms with E-state index in [4.69, 9.17) is 16.3 Å². The Labute approximate surface area is 117 Å². The summed E-state index contributed by atoms with van der Waals surface area (Å²) >= 11 is 6.01. The lowest BCUT2D eigenvalue weighted by Gasteiger charge is -2.11. The van der Waals surface area contributed by atoms with E-state index in [1.165, 1.54) is 0 Å². The molecule has 100 valence electrons. The van der Waals surface area contributed by atoms with Crippen molar-refractivity contribution >= 4 is 11.6 Å². The SMILES string of the molecule is COc1ccc(CC(O)Cc2ccncc2Cl)cn1. The quantitative estimate of drug-likeness (QED) is 0.912.